The number of ketones is 1. The van der Waals surface area contributed by atoms with Crippen molar-refractivity contribution in [2.75, 3.05) is 0 Å². The van der Waals surface area contributed by atoms with Gasteiger partial charge in [-0.1, -0.05) is 42.5 Å². The van der Waals surface area contributed by atoms with Crippen LogP contribution in [0.5, 0.6) is 0 Å². The van der Waals surface area contributed by atoms with E-state index in [-0.39, 0.29) is 5.78 Å². The van der Waals surface area contributed by atoms with Crippen LogP contribution in [-0.4, -0.2) is 15.6 Å². The van der Waals surface area contributed by atoms with Gasteiger partial charge in [-0.05, 0) is 12.1 Å². The Morgan fingerprint density at radius 3 is 2.26 bits per heavy atom. The molecule has 0 saturated carbocycles. The number of fused-ring (bicyclic) bond motifs is 3. The fraction of sp³-hybridized carbons (Fsp3) is 0. The smallest absolute Gasteiger partial charge is 0.197 e. The van der Waals surface area contributed by atoms with Gasteiger partial charge < -0.3 is 0 Å². The van der Waals surface area contributed by atoms with Gasteiger partial charge in [0.1, 0.15) is 5.69 Å². The molecule has 0 saturated heterocycles. The number of hydrogen-bond donors (Lipinski definition) is 0. The molecule has 3 heteroatoms. The highest BCUT2D eigenvalue weighted by Gasteiger charge is 2.29. The molecule has 0 amide bonds. The summed E-state index contributed by atoms with van der Waals surface area (Å²) in [5, 5.41) is 4.55. The predicted octanol–water partition coefficient (Wildman–Crippen LogP) is 3.08. The summed E-state index contributed by atoms with van der Waals surface area (Å²) in [6.07, 6.45) is 1.81. The first kappa shape index (κ1) is 10.3. The van der Waals surface area contributed by atoms with Crippen LogP contribution < -0.4 is 0 Å². The zero-order valence-corrected chi connectivity index (χ0v) is 10.1. The molecule has 0 radical (unpaired) electrons. The zero-order chi connectivity index (χ0) is 12.8. The Balaban J connectivity index is 1.93. The fourth-order valence-electron chi connectivity index (χ4n) is 2.48. The third-order valence-corrected chi connectivity index (χ3v) is 3.41. The van der Waals surface area contributed by atoms with Crippen LogP contribution in [0.25, 0.3) is 16.9 Å². The van der Waals surface area contributed by atoms with Gasteiger partial charge in [0.25, 0.3) is 0 Å². The molecule has 0 bridgehead atoms. The number of rotatable bonds is 1. The van der Waals surface area contributed by atoms with Crippen LogP contribution in [0.1, 0.15) is 15.9 Å². The van der Waals surface area contributed by atoms with E-state index in [9.17, 15) is 4.79 Å². The Hall–Kier alpha value is -2.68. The number of carbonyl (C=O) groups is 1. The average molecular weight is 246 g/mol. The minimum Gasteiger partial charge on any atom is -0.288 e. The second kappa shape index (κ2) is 3.65. The van der Waals surface area contributed by atoms with Gasteiger partial charge in [0.15, 0.2) is 5.78 Å². The lowest BCUT2D eigenvalue weighted by Crippen LogP contribution is -1.98. The molecular formula is C16H10N2O. The van der Waals surface area contributed by atoms with E-state index in [2.05, 4.69) is 5.10 Å². The second-order valence-electron chi connectivity index (χ2n) is 4.55. The van der Waals surface area contributed by atoms with Crippen LogP contribution in [0.15, 0.2) is 60.8 Å². The minimum atomic E-state index is 0.0628. The summed E-state index contributed by atoms with van der Waals surface area (Å²) < 4.78 is 1.76. The van der Waals surface area contributed by atoms with Gasteiger partial charge in [-0.15, -0.1) is 0 Å². The van der Waals surface area contributed by atoms with Crippen molar-refractivity contribution >= 4 is 5.78 Å². The number of nitrogens with zero attached hydrogens (tertiary/aromatic N) is 2. The molecular weight excluding hydrogens is 236 g/mol. The molecule has 1 aromatic heterocycles. The summed E-state index contributed by atoms with van der Waals surface area (Å²) in [5.41, 5.74) is 4.11. The van der Waals surface area contributed by atoms with Gasteiger partial charge in [0, 0.05) is 17.3 Å². The fourth-order valence-corrected chi connectivity index (χ4v) is 2.48. The van der Waals surface area contributed by atoms with Gasteiger partial charge in [0.2, 0.25) is 0 Å². The first-order valence-electron chi connectivity index (χ1n) is 6.14. The second-order valence-corrected chi connectivity index (χ2v) is 4.55. The number of para-hydroxylation sites is 1. The van der Waals surface area contributed by atoms with Crippen LogP contribution >= 0.6 is 0 Å². The zero-order valence-electron chi connectivity index (χ0n) is 10.1. The van der Waals surface area contributed by atoms with Crippen molar-refractivity contribution in [3.63, 3.8) is 0 Å². The van der Waals surface area contributed by atoms with Gasteiger partial charge in [-0.2, -0.15) is 5.10 Å². The summed E-state index contributed by atoms with van der Waals surface area (Å²) in [6.45, 7) is 0. The highest BCUT2D eigenvalue weighted by molar-refractivity contribution is 6.20. The standard InChI is InChI=1S/C16H10N2O/c19-16-13-9-5-4-8-12(13)15-14(16)10-18(17-15)11-6-2-1-3-7-11/h1-10H. The van der Waals surface area contributed by atoms with Crippen molar-refractivity contribution in [3.05, 3.63) is 71.9 Å². The summed E-state index contributed by atoms with van der Waals surface area (Å²) in [4.78, 5) is 12.3. The molecule has 0 fully saturated rings. The maximum Gasteiger partial charge on any atom is 0.197 e. The maximum absolute atomic E-state index is 12.3. The van der Waals surface area contributed by atoms with E-state index in [1.54, 1.807) is 4.68 Å². The third-order valence-electron chi connectivity index (χ3n) is 3.41. The van der Waals surface area contributed by atoms with Gasteiger partial charge in [-0.3, -0.25) is 4.79 Å². The molecule has 0 spiro atoms. The molecule has 1 aliphatic rings. The van der Waals surface area contributed by atoms with E-state index in [1.807, 2.05) is 60.8 Å². The number of hydrogen-bond acceptors (Lipinski definition) is 2. The molecule has 3 aromatic rings. The first-order chi connectivity index (χ1) is 9.34. The van der Waals surface area contributed by atoms with Crippen LogP contribution in [-0.2, 0) is 0 Å². The molecule has 0 unspecified atom stereocenters. The molecule has 4 rings (SSSR count). The number of benzene rings is 2. The lowest BCUT2D eigenvalue weighted by molar-refractivity contribution is 0.104. The largest absolute Gasteiger partial charge is 0.288 e. The van der Waals surface area contributed by atoms with Crippen LogP contribution in [0, 0.1) is 0 Å². The van der Waals surface area contributed by atoms with Crippen molar-refractivity contribution in [3.8, 4) is 16.9 Å². The average Bonchev–Trinajstić information content (AvgIpc) is 3.01. The number of aromatic nitrogens is 2. The molecule has 2 aromatic carbocycles. The molecule has 0 aliphatic heterocycles. The van der Waals surface area contributed by atoms with Gasteiger partial charge >= 0.3 is 0 Å². The Bertz CT molecular complexity index is 788. The van der Waals surface area contributed by atoms with E-state index in [0.29, 0.717) is 5.56 Å². The Kier molecular flexibility index (Phi) is 1.97. The molecule has 3 nitrogen and oxygen atoms in total. The van der Waals surface area contributed by atoms with E-state index in [4.69, 9.17) is 0 Å². The SMILES string of the molecule is O=C1c2ccccc2-c2nn(-c3ccccc3)cc21. The molecule has 1 heterocycles. The Morgan fingerprint density at radius 1 is 0.789 bits per heavy atom. The lowest BCUT2D eigenvalue weighted by atomic mass is 10.1. The highest BCUT2D eigenvalue weighted by Crippen LogP contribution is 2.35. The van der Waals surface area contributed by atoms with E-state index in [0.717, 1.165) is 22.5 Å². The van der Waals surface area contributed by atoms with E-state index in [1.165, 1.54) is 0 Å². The summed E-state index contributed by atoms with van der Waals surface area (Å²) >= 11 is 0. The topological polar surface area (TPSA) is 34.9 Å². The molecule has 1 aliphatic carbocycles. The van der Waals surface area contributed by atoms with Crippen LogP contribution in [0.2, 0.25) is 0 Å². The van der Waals surface area contributed by atoms with Crippen molar-refractivity contribution in [1.29, 1.82) is 0 Å². The Morgan fingerprint density at radius 2 is 1.47 bits per heavy atom. The maximum atomic E-state index is 12.3. The first-order valence-corrected chi connectivity index (χ1v) is 6.14. The Labute approximate surface area is 110 Å². The minimum absolute atomic E-state index is 0.0628. The van der Waals surface area contributed by atoms with Crippen LogP contribution in [0.3, 0.4) is 0 Å². The normalized spacial score (nSPS) is 12.3. The van der Waals surface area contributed by atoms with Gasteiger partial charge in [-0.25, -0.2) is 4.68 Å². The summed E-state index contributed by atoms with van der Waals surface area (Å²) in [7, 11) is 0. The quantitative estimate of drug-likeness (QED) is 0.517. The predicted molar refractivity (Wildman–Crippen MR) is 72.4 cm³/mol. The van der Waals surface area contributed by atoms with Crippen molar-refractivity contribution in [1.82, 2.24) is 9.78 Å². The summed E-state index contributed by atoms with van der Waals surface area (Å²) in [6, 6.07) is 17.4. The van der Waals surface area contributed by atoms with E-state index < -0.39 is 0 Å². The molecule has 90 valence electrons. The van der Waals surface area contributed by atoms with Crippen LogP contribution in [0.4, 0.5) is 0 Å². The lowest BCUT2D eigenvalue weighted by Gasteiger charge is -2.01. The van der Waals surface area contributed by atoms with Crippen molar-refractivity contribution in [2.45, 2.75) is 0 Å². The molecule has 19 heavy (non-hydrogen) atoms. The summed E-state index contributed by atoms with van der Waals surface area (Å²) in [5.74, 6) is 0.0628. The molecule has 0 atom stereocenters. The highest BCUT2D eigenvalue weighted by atomic mass is 16.1. The van der Waals surface area contributed by atoms with E-state index >= 15 is 0 Å². The third kappa shape index (κ3) is 1.38. The molecule has 0 N–H and O–H groups in total. The monoisotopic (exact) mass is 246 g/mol. The number of carbonyl (C=O) groups excluding carboxylic acids is 1. The van der Waals surface area contributed by atoms with Crippen molar-refractivity contribution in [2.24, 2.45) is 0 Å². The van der Waals surface area contributed by atoms with Crippen molar-refractivity contribution < 1.29 is 4.79 Å². The van der Waals surface area contributed by atoms with Gasteiger partial charge in [0.05, 0.1) is 11.3 Å².